The number of allylic oxidation sites excluding steroid dienone is 1. The second-order valence-electron chi connectivity index (χ2n) is 5.89. The summed E-state index contributed by atoms with van der Waals surface area (Å²) in [6.45, 7) is 0. The molecule has 132 valence electrons. The number of benzene rings is 1. The van der Waals surface area contributed by atoms with Crippen molar-refractivity contribution >= 4 is 11.8 Å². The Labute approximate surface area is 139 Å². The van der Waals surface area contributed by atoms with Gasteiger partial charge in [0.15, 0.2) is 0 Å². The van der Waals surface area contributed by atoms with Crippen LogP contribution >= 0.6 is 11.8 Å². The third-order valence-electron chi connectivity index (χ3n) is 4.14. The molecule has 1 aromatic carbocycles. The monoisotopic (exact) mass is 366 g/mol. The summed E-state index contributed by atoms with van der Waals surface area (Å²) in [5.41, 5.74) is -5.14. The Morgan fingerprint density at radius 1 is 1.21 bits per heavy atom. The number of alkyl halides is 5. The van der Waals surface area contributed by atoms with Crippen LogP contribution in [0.3, 0.4) is 0 Å². The van der Waals surface area contributed by atoms with Crippen LogP contribution in [0.15, 0.2) is 35.2 Å². The van der Waals surface area contributed by atoms with Gasteiger partial charge in [0.1, 0.15) is 0 Å². The zero-order valence-corrected chi connectivity index (χ0v) is 13.3. The lowest BCUT2D eigenvalue weighted by Crippen LogP contribution is -2.47. The van der Waals surface area contributed by atoms with Gasteiger partial charge in [-0.1, -0.05) is 24.3 Å². The van der Waals surface area contributed by atoms with E-state index in [1.54, 1.807) is 6.08 Å². The van der Waals surface area contributed by atoms with Crippen molar-refractivity contribution in [3.8, 4) is 0 Å². The highest BCUT2D eigenvalue weighted by molar-refractivity contribution is 8.00. The van der Waals surface area contributed by atoms with Crippen LogP contribution in [-0.2, 0) is 16.9 Å². The number of hydrogen-bond donors (Lipinski definition) is 1. The minimum Gasteiger partial charge on any atom is -0.357 e. The summed E-state index contributed by atoms with van der Waals surface area (Å²) in [7, 11) is 0. The molecule has 2 atom stereocenters. The lowest BCUT2D eigenvalue weighted by molar-refractivity contribution is -0.336. The van der Waals surface area contributed by atoms with Gasteiger partial charge in [-0.3, -0.25) is 0 Å². The molecule has 0 bridgehead atoms. The first kappa shape index (κ1) is 17.7. The summed E-state index contributed by atoms with van der Waals surface area (Å²) in [5.74, 6) is -6.74. The molecule has 0 heterocycles. The summed E-state index contributed by atoms with van der Waals surface area (Å²) < 4.78 is 72.5. The second-order valence-corrected chi connectivity index (χ2v) is 6.99. The van der Waals surface area contributed by atoms with Crippen LogP contribution in [0, 0.1) is 0 Å². The second kappa shape index (κ2) is 6.00. The van der Waals surface area contributed by atoms with Gasteiger partial charge in [0.2, 0.25) is 0 Å². The van der Waals surface area contributed by atoms with Gasteiger partial charge in [-0.2, -0.15) is 22.0 Å². The smallest absolute Gasteiger partial charge is 0.357 e. The molecule has 0 aromatic heterocycles. The van der Waals surface area contributed by atoms with E-state index in [-0.39, 0.29) is 5.56 Å². The summed E-state index contributed by atoms with van der Waals surface area (Å²) in [6.07, 6.45) is 3.48. The molecule has 0 radical (unpaired) electrons. The fourth-order valence-corrected chi connectivity index (χ4v) is 3.89. The zero-order valence-electron chi connectivity index (χ0n) is 12.4. The first-order valence-electron chi connectivity index (χ1n) is 7.43. The molecule has 2 aliphatic carbocycles. The minimum absolute atomic E-state index is 0.0249. The standard InChI is InChI=1S/C16H15F5O2S/c17-14(18)9-10-5-4-8-12(24-16(19,20)21)13(10)15(14,22)23-11-6-2-1-3-7-11/h1-2,4-5,8,11,22H,3,6-7,9H2. The third-order valence-corrected chi connectivity index (χ3v) is 4.94. The van der Waals surface area contributed by atoms with E-state index in [4.69, 9.17) is 4.74 Å². The van der Waals surface area contributed by atoms with Gasteiger partial charge < -0.3 is 9.84 Å². The van der Waals surface area contributed by atoms with E-state index in [0.29, 0.717) is 19.3 Å². The van der Waals surface area contributed by atoms with Gasteiger partial charge in [0.25, 0.3) is 5.79 Å². The van der Waals surface area contributed by atoms with Crippen molar-refractivity contribution in [1.82, 2.24) is 0 Å². The van der Waals surface area contributed by atoms with Crippen molar-refractivity contribution in [3.05, 3.63) is 41.5 Å². The molecule has 1 aromatic rings. The predicted molar refractivity (Wildman–Crippen MR) is 78.8 cm³/mol. The largest absolute Gasteiger partial charge is 0.446 e. The molecule has 2 aliphatic rings. The topological polar surface area (TPSA) is 29.5 Å². The number of hydrogen-bond acceptors (Lipinski definition) is 3. The molecule has 1 N–H and O–H groups in total. The molecular weight excluding hydrogens is 351 g/mol. The highest BCUT2D eigenvalue weighted by Gasteiger charge is 2.63. The van der Waals surface area contributed by atoms with Crippen LogP contribution in [0.5, 0.6) is 0 Å². The first-order chi connectivity index (χ1) is 11.1. The van der Waals surface area contributed by atoms with E-state index in [1.807, 2.05) is 6.08 Å². The molecule has 0 saturated heterocycles. The fourth-order valence-electron chi connectivity index (χ4n) is 3.12. The van der Waals surface area contributed by atoms with Crippen LogP contribution in [0.1, 0.15) is 30.4 Å². The normalized spacial score (nSPS) is 28.8. The van der Waals surface area contributed by atoms with Crippen LogP contribution < -0.4 is 0 Å². The first-order valence-corrected chi connectivity index (χ1v) is 8.25. The number of ether oxygens (including phenoxy) is 1. The van der Waals surface area contributed by atoms with Gasteiger partial charge in [0.05, 0.1) is 6.10 Å². The Morgan fingerprint density at radius 2 is 1.96 bits per heavy atom. The summed E-state index contributed by atoms with van der Waals surface area (Å²) in [6, 6.07) is 3.65. The van der Waals surface area contributed by atoms with Crippen molar-refractivity contribution < 1.29 is 31.8 Å². The molecule has 3 rings (SSSR count). The van der Waals surface area contributed by atoms with Gasteiger partial charge in [0, 0.05) is 16.9 Å². The van der Waals surface area contributed by atoms with E-state index in [9.17, 15) is 27.1 Å². The molecule has 24 heavy (non-hydrogen) atoms. The average molecular weight is 366 g/mol. The zero-order chi connectivity index (χ0) is 17.6. The van der Waals surface area contributed by atoms with Gasteiger partial charge in [-0.05, 0) is 42.7 Å². The third kappa shape index (κ3) is 3.19. The molecule has 8 heteroatoms. The summed E-state index contributed by atoms with van der Waals surface area (Å²) in [4.78, 5) is -0.453. The number of halogens is 5. The molecule has 2 unspecified atom stereocenters. The summed E-state index contributed by atoms with van der Waals surface area (Å²) in [5, 5.41) is 10.6. The molecule has 0 aliphatic heterocycles. The van der Waals surface area contributed by atoms with Crippen LogP contribution in [-0.4, -0.2) is 22.6 Å². The number of fused-ring (bicyclic) bond motifs is 1. The molecular formula is C16H15F5O2S. The minimum atomic E-state index is -4.65. The van der Waals surface area contributed by atoms with E-state index in [1.165, 1.54) is 12.1 Å². The fraction of sp³-hybridized carbons (Fsp3) is 0.500. The molecule has 0 fully saturated rings. The quantitative estimate of drug-likeness (QED) is 0.362. The Morgan fingerprint density at radius 3 is 2.58 bits per heavy atom. The van der Waals surface area contributed by atoms with Crippen molar-refractivity contribution in [1.29, 1.82) is 0 Å². The lowest BCUT2D eigenvalue weighted by atomic mass is 10.0. The average Bonchev–Trinajstić information content (AvgIpc) is 2.65. The Hall–Kier alpha value is -1.12. The maximum absolute atomic E-state index is 14.5. The molecule has 2 nitrogen and oxygen atoms in total. The van der Waals surface area contributed by atoms with E-state index in [0.717, 1.165) is 6.07 Å². The predicted octanol–water partition coefficient (Wildman–Crippen LogP) is 4.76. The van der Waals surface area contributed by atoms with Crippen molar-refractivity contribution in [2.75, 3.05) is 0 Å². The van der Waals surface area contributed by atoms with E-state index >= 15 is 0 Å². The van der Waals surface area contributed by atoms with Gasteiger partial charge in [-0.15, -0.1) is 0 Å². The van der Waals surface area contributed by atoms with Crippen molar-refractivity contribution in [2.24, 2.45) is 0 Å². The van der Waals surface area contributed by atoms with Gasteiger partial charge in [-0.25, -0.2) is 0 Å². The molecule has 0 saturated carbocycles. The van der Waals surface area contributed by atoms with E-state index < -0.39 is 52.0 Å². The van der Waals surface area contributed by atoms with Crippen LogP contribution in [0.4, 0.5) is 22.0 Å². The lowest BCUT2D eigenvalue weighted by Gasteiger charge is -2.35. The van der Waals surface area contributed by atoms with E-state index in [2.05, 4.69) is 0 Å². The Bertz CT molecular complexity index is 658. The van der Waals surface area contributed by atoms with Crippen molar-refractivity contribution in [3.63, 3.8) is 0 Å². The van der Waals surface area contributed by atoms with Gasteiger partial charge >= 0.3 is 11.4 Å². The maximum atomic E-state index is 14.5. The highest BCUT2D eigenvalue weighted by Crippen LogP contribution is 2.54. The molecule has 0 amide bonds. The number of aliphatic hydroxyl groups is 1. The van der Waals surface area contributed by atoms with Crippen LogP contribution in [0.25, 0.3) is 0 Å². The Kier molecular flexibility index (Phi) is 4.42. The van der Waals surface area contributed by atoms with Crippen molar-refractivity contribution in [2.45, 2.75) is 53.9 Å². The van der Waals surface area contributed by atoms with Crippen LogP contribution in [0.2, 0.25) is 0 Å². The molecule has 0 spiro atoms. The maximum Gasteiger partial charge on any atom is 0.446 e. The number of rotatable bonds is 3. The number of thioether (sulfide) groups is 1. The SMILES string of the molecule is OC1(OC2CC=CCC2)c2c(cccc2SC(F)(F)F)CC1(F)F. The summed E-state index contributed by atoms with van der Waals surface area (Å²) >= 11 is -0.516. The Balaban J connectivity index is 2.02. The highest BCUT2D eigenvalue weighted by atomic mass is 32.2.